The van der Waals surface area contributed by atoms with Crippen LogP contribution in [0.1, 0.15) is 5.56 Å². The molecule has 0 unspecified atom stereocenters. The first-order valence-corrected chi connectivity index (χ1v) is 8.70. The van der Waals surface area contributed by atoms with E-state index in [2.05, 4.69) is 0 Å². The van der Waals surface area contributed by atoms with Crippen LogP contribution in [0.5, 0.6) is 11.5 Å². The number of phenolic OH excluding ortho intramolecular Hbond substituents is 2. The van der Waals surface area contributed by atoms with Gasteiger partial charge in [0, 0.05) is 6.08 Å². The third-order valence-electron chi connectivity index (χ3n) is 4.13. The van der Waals surface area contributed by atoms with Crippen LogP contribution in [0.15, 0.2) is 24.3 Å². The number of ether oxygens (including phenoxy) is 3. The molecule has 0 amide bonds. The molecule has 1 aliphatic rings. The zero-order valence-corrected chi connectivity index (χ0v) is 15.2. The number of carbonyl (C=O) groups excluding carboxylic acids is 1. The van der Waals surface area contributed by atoms with Gasteiger partial charge in [-0.15, -0.1) is 0 Å². The molecule has 11 nitrogen and oxygen atoms in total. The van der Waals surface area contributed by atoms with Gasteiger partial charge in [0.05, 0.1) is 13.2 Å². The Labute approximate surface area is 165 Å². The molecule has 162 valence electrons. The predicted octanol–water partition coefficient (Wildman–Crippen LogP) is -2.17. The molecule has 29 heavy (non-hydrogen) atoms. The summed E-state index contributed by atoms with van der Waals surface area (Å²) in [5.74, 6) is -1.43. The Morgan fingerprint density at radius 2 is 1.83 bits per heavy atom. The maximum atomic E-state index is 11.7. The number of hydrogen-bond donors (Lipinski definition) is 7. The summed E-state index contributed by atoms with van der Waals surface area (Å²) in [6, 6.07) is 3.95. The second kappa shape index (κ2) is 10.5. The highest BCUT2D eigenvalue weighted by atomic mass is 16.7. The molecule has 0 aromatic heterocycles. The van der Waals surface area contributed by atoms with Crippen molar-refractivity contribution in [2.24, 2.45) is 0 Å². The van der Waals surface area contributed by atoms with Crippen molar-refractivity contribution in [2.75, 3.05) is 19.8 Å². The minimum absolute atomic E-state index is 0.299. The fourth-order valence-corrected chi connectivity index (χ4v) is 2.49. The highest BCUT2D eigenvalue weighted by Gasteiger charge is 2.44. The minimum atomic E-state index is -1.61. The monoisotopic (exact) mass is 416 g/mol. The molecule has 0 radical (unpaired) electrons. The summed E-state index contributed by atoms with van der Waals surface area (Å²) in [5, 5.41) is 66.6. The average molecular weight is 416 g/mol. The van der Waals surface area contributed by atoms with Crippen molar-refractivity contribution in [1.29, 1.82) is 0 Å². The van der Waals surface area contributed by atoms with E-state index in [1.54, 1.807) is 0 Å². The molecule has 6 atom stereocenters. The SMILES string of the molecule is O=C(C=Cc1ccc(O)c(O)c1)OC[C@H](O)CO[C@@H]1O[C@H](CO)[C@@H](O)[C@H](O)[C@H]1O. The van der Waals surface area contributed by atoms with Crippen molar-refractivity contribution in [3.8, 4) is 11.5 Å². The Morgan fingerprint density at radius 1 is 1.10 bits per heavy atom. The van der Waals surface area contributed by atoms with E-state index in [1.807, 2.05) is 0 Å². The molecule has 1 aromatic rings. The van der Waals surface area contributed by atoms with Gasteiger partial charge in [0.15, 0.2) is 17.8 Å². The van der Waals surface area contributed by atoms with Crippen LogP contribution in [0.3, 0.4) is 0 Å². The third-order valence-corrected chi connectivity index (χ3v) is 4.13. The van der Waals surface area contributed by atoms with Gasteiger partial charge in [0.2, 0.25) is 0 Å². The van der Waals surface area contributed by atoms with Crippen LogP contribution >= 0.6 is 0 Å². The molecule has 0 spiro atoms. The molecule has 0 aliphatic carbocycles. The van der Waals surface area contributed by atoms with Gasteiger partial charge in [-0.3, -0.25) is 0 Å². The lowest BCUT2D eigenvalue weighted by atomic mass is 9.99. The van der Waals surface area contributed by atoms with Crippen molar-refractivity contribution in [3.63, 3.8) is 0 Å². The molecular weight excluding hydrogens is 392 g/mol. The van der Waals surface area contributed by atoms with Gasteiger partial charge >= 0.3 is 5.97 Å². The van der Waals surface area contributed by atoms with E-state index in [0.717, 1.165) is 6.08 Å². The Kier molecular flexibility index (Phi) is 8.34. The maximum Gasteiger partial charge on any atom is 0.330 e. The molecule has 7 N–H and O–H groups in total. The van der Waals surface area contributed by atoms with Crippen molar-refractivity contribution >= 4 is 12.0 Å². The highest BCUT2D eigenvalue weighted by Crippen LogP contribution is 2.25. The molecule has 1 saturated heterocycles. The fraction of sp³-hybridized carbons (Fsp3) is 0.500. The summed E-state index contributed by atoms with van der Waals surface area (Å²) >= 11 is 0. The number of aliphatic hydroxyl groups excluding tert-OH is 5. The smallest absolute Gasteiger partial charge is 0.330 e. The van der Waals surface area contributed by atoms with Gasteiger partial charge in [0.1, 0.15) is 37.1 Å². The maximum absolute atomic E-state index is 11.7. The standard InChI is InChI=1S/C18H24O11/c19-6-13-15(24)16(25)17(26)18(29-13)28-8-10(20)7-27-14(23)4-2-9-1-3-11(21)12(22)5-9/h1-5,10,13,15-22,24-26H,6-8H2/t10-,13+,15+,16-,17+,18+/m0/s1. The van der Waals surface area contributed by atoms with Crippen molar-refractivity contribution in [3.05, 3.63) is 29.8 Å². The number of esters is 1. The summed E-state index contributed by atoms with van der Waals surface area (Å²) in [6.07, 6.45) is -6.18. The Balaban J connectivity index is 1.76. The molecule has 2 rings (SSSR count). The highest BCUT2D eigenvalue weighted by molar-refractivity contribution is 5.87. The van der Waals surface area contributed by atoms with Gasteiger partial charge in [-0.2, -0.15) is 0 Å². The normalized spacial score (nSPS) is 28.4. The summed E-state index contributed by atoms with van der Waals surface area (Å²) in [4.78, 5) is 11.7. The van der Waals surface area contributed by atoms with Gasteiger partial charge in [0.25, 0.3) is 0 Å². The second-order valence-corrected chi connectivity index (χ2v) is 6.40. The van der Waals surface area contributed by atoms with Crippen LogP contribution < -0.4 is 0 Å². The van der Waals surface area contributed by atoms with Crippen molar-refractivity contribution in [2.45, 2.75) is 36.8 Å². The molecular formula is C18H24O11. The number of hydrogen-bond acceptors (Lipinski definition) is 11. The van der Waals surface area contributed by atoms with E-state index in [1.165, 1.54) is 24.3 Å². The zero-order chi connectivity index (χ0) is 21.6. The number of rotatable bonds is 8. The molecule has 1 heterocycles. The first-order valence-electron chi connectivity index (χ1n) is 8.70. The van der Waals surface area contributed by atoms with E-state index >= 15 is 0 Å². The lowest BCUT2D eigenvalue weighted by Crippen LogP contribution is -2.59. The van der Waals surface area contributed by atoms with E-state index < -0.39 is 62.6 Å². The van der Waals surface area contributed by atoms with Crippen LogP contribution in [-0.2, 0) is 19.0 Å². The molecule has 1 aliphatic heterocycles. The third kappa shape index (κ3) is 6.37. The topological polar surface area (TPSA) is 186 Å². The Bertz CT molecular complexity index is 705. The van der Waals surface area contributed by atoms with Gasteiger partial charge < -0.3 is 50.0 Å². The van der Waals surface area contributed by atoms with Crippen LogP contribution in [0.4, 0.5) is 0 Å². The van der Waals surface area contributed by atoms with E-state index in [-0.39, 0.29) is 11.5 Å². The Morgan fingerprint density at radius 3 is 2.48 bits per heavy atom. The van der Waals surface area contributed by atoms with Crippen LogP contribution in [0.25, 0.3) is 6.08 Å². The molecule has 11 heteroatoms. The summed E-state index contributed by atoms with van der Waals surface area (Å²) in [6.45, 7) is -1.48. The largest absolute Gasteiger partial charge is 0.504 e. The number of aromatic hydroxyl groups is 2. The van der Waals surface area contributed by atoms with E-state index in [0.29, 0.717) is 5.56 Å². The number of aliphatic hydroxyl groups is 5. The van der Waals surface area contributed by atoms with Gasteiger partial charge in [-0.25, -0.2) is 4.79 Å². The van der Waals surface area contributed by atoms with Crippen LogP contribution in [-0.4, -0.2) is 98.3 Å². The molecule has 1 aromatic carbocycles. The van der Waals surface area contributed by atoms with E-state index in [4.69, 9.17) is 19.3 Å². The molecule has 0 saturated carbocycles. The average Bonchev–Trinajstić information content (AvgIpc) is 2.70. The molecule has 0 bridgehead atoms. The second-order valence-electron chi connectivity index (χ2n) is 6.40. The van der Waals surface area contributed by atoms with E-state index in [9.17, 15) is 35.4 Å². The number of phenols is 2. The fourth-order valence-electron chi connectivity index (χ4n) is 2.49. The summed E-state index contributed by atoms with van der Waals surface area (Å²) in [5.41, 5.74) is 0.434. The lowest BCUT2D eigenvalue weighted by molar-refractivity contribution is -0.304. The number of carbonyl (C=O) groups is 1. The first kappa shape index (κ1) is 23.0. The van der Waals surface area contributed by atoms with Gasteiger partial charge in [-0.05, 0) is 23.8 Å². The van der Waals surface area contributed by atoms with Crippen molar-refractivity contribution in [1.82, 2.24) is 0 Å². The van der Waals surface area contributed by atoms with Gasteiger partial charge in [-0.1, -0.05) is 6.07 Å². The van der Waals surface area contributed by atoms with Crippen LogP contribution in [0, 0.1) is 0 Å². The minimum Gasteiger partial charge on any atom is -0.504 e. The van der Waals surface area contributed by atoms with Crippen LogP contribution in [0.2, 0.25) is 0 Å². The Hall–Kier alpha value is -2.25. The predicted molar refractivity (Wildman–Crippen MR) is 95.5 cm³/mol. The summed E-state index contributed by atoms with van der Waals surface area (Å²) < 4.78 is 15.1. The van der Waals surface area contributed by atoms with Crippen molar-refractivity contribution < 1.29 is 54.8 Å². The molecule has 1 fully saturated rings. The zero-order valence-electron chi connectivity index (χ0n) is 15.2. The lowest BCUT2D eigenvalue weighted by Gasteiger charge is -2.39. The first-order chi connectivity index (χ1) is 13.7. The quantitative estimate of drug-likeness (QED) is 0.139. The summed E-state index contributed by atoms with van der Waals surface area (Å²) in [7, 11) is 0. The number of benzene rings is 1.